The van der Waals surface area contributed by atoms with E-state index in [4.69, 9.17) is 11.6 Å². The fourth-order valence-electron chi connectivity index (χ4n) is 3.01. The van der Waals surface area contributed by atoms with Crippen LogP contribution >= 0.6 is 11.6 Å². The first-order valence-corrected chi connectivity index (χ1v) is 9.16. The summed E-state index contributed by atoms with van der Waals surface area (Å²) in [5.74, 6) is -0.0420. The molecule has 28 heavy (non-hydrogen) atoms. The second-order valence-corrected chi connectivity index (χ2v) is 7.40. The molecule has 0 spiro atoms. The van der Waals surface area contributed by atoms with Crippen molar-refractivity contribution >= 4 is 28.4 Å². The van der Waals surface area contributed by atoms with Crippen molar-refractivity contribution in [3.05, 3.63) is 95.1 Å². The molecule has 0 radical (unpaired) electrons. The second kappa shape index (κ2) is 7.87. The van der Waals surface area contributed by atoms with E-state index in [9.17, 15) is 14.7 Å². The molecule has 0 saturated carbocycles. The molecule has 1 amide bonds. The van der Waals surface area contributed by atoms with Crippen molar-refractivity contribution in [1.29, 1.82) is 0 Å². The number of halogens is 1. The smallest absolute Gasteiger partial charge is 0.255 e. The molecule has 0 aromatic heterocycles. The molecule has 0 saturated heterocycles. The maximum atomic E-state index is 12.5. The lowest BCUT2D eigenvalue weighted by atomic mass is 9.78. The summed E-state index contributed by atoms with van der Waals surface area (Å²) in [4.78, 5) is 23.8. The third-order valence-electron chi connectivity index (χ3n) is 4.81. The van der Waals surface area contributed by atoms with Crippen LogP contribution in [0.1, 0.15) is 45.7 Å². The van der Waals surface area contributed by atoms with Gasteiger partial charge in [0.15, 0.2) is 0 Å². The number of hydrogen-bond donors (Lipinski definition) is 2. The van der Waals surface area contributed by atoms with Crippen LogP contribution in [0.2, 0.25) is 0 Å². The third kappa shape index (κ3) is 4.24. The largest absolute Gasteiger partial charge is 0.508 e. The average Bonchev–Trinajstić information content (AvgIpc) is 2.68. The maximum absolute atomic E-state index is 12.5. The van der Waals surface area contributed by atoms with Crippen molar-refractivity contribution in [3.8, 4) is 5.75 Å². The van der Waals surface area contributed by atoms with Crippen LogP contribution in [0, 0.1) is 0 Å². The molecular formula is C23H20ClNO3. The van der Waals surface area contributed by atoms with Gasteiger partial charge < -0.3 is 10.4 Å². The Morgan fingerprint density at radius 1 is 0.857 bits per heavy atom. The summed E-state index contributed by atoms with van der Waals surface area (Å²) in [5, 5.41) is 11.7. The minimum atomic E-state index is -0.572. The van der Waals surface area contributed by atoms with Crippen LogP contribution in [0.4, 0.5) is 5.69 Å². The molecule has 3 rings (SSSR count). The SMILES string of the molecule is CC(C)(c1ccc(O)cc1)c1ccc(C(=O)Nc2cccc(C(=O)Cl)c2)cc1. The first-order valence-electron chi connectivity index (χ1n) is 8.78. The molecule has 0 unspecified atom stereocenters. The van der Waals surface area contributed by atoms with Crippen molar-refractivity contribution in [2.75, 3.05) is 5.32 Å². The first kappa shape index (κ1) is 19.6. The van der Waals surface area contributed by atoms with Crippen molar-refractivity contribution in [1.82, 2.24) is 0 Å². The summed E-state index contributed by atoms with van der Waals surface area (Å²) >= 11 is 5.48. The monoisotopic (exact) mass is 393 g/mol. The lowest BCUT2D eigenvalue weighted by Gasteiger charge is -2.26. The van der Waals surface area contributed by atoms with Gasteiger partial charge in [0, 0.05) is 22.2 Å². The van der Waals surface area contributed by atoms with E-state index in [1.54, 1.807) is 42.5 Å². The van der Waals surface area contributed by atoms with E-state index in [-0.39, 0.29) is 17.1 Å². The summed E-state index contributed by atoms with van der Waals surface area (Å²) in [6.07, 6.45) is 0. The minimum absolute atomic E-state index is 0.228. The van der Waals surface area contributed by atoms with Crippen LogP contribution in [0.5, 0.6) is 5.75 Å². The van der Waals surface area contributed by atoms with Crippen LogP contribution in [0.25, 0.3) is 0 Å². The Balaban J connectivity index is 1.78. The standard InChI is InChI=1S/C23H20ClNO3/c1-23(2,18-10-12-20(26)13-11-18)17-8-6-15(7-9-17)22(28)25-19-5-3-4-16(14-19)21(24)27/h3-14,26H,1-2H3,(H,25,28). The van der Waals surface area contributed by atoms with Crippen LogP contribution in [0.15, 0.2) is 72.8 Å². The highest BCUT2D eigenvalue weighted by molar-refractivity contribution is 6.67. The number of carbonyl (C=O) groups is 2. The Morgan fingerprint density at radius 3 is 2.00 bits per heavy atom. The number of amides is 1. The molecule has 0 aliphatic rings. The molecule has 0 heterocycles. The van der Waals surface area contributed by atoms with E-state index in [2.05, 4.69) is 19.2 Å². The number of benzene rings is 3. The molecule has 3 aromatic carbocycles. The van der Waals surface area contributed by atoms with Gasteiger partial charge >= 0.3 is 0 Å². The Labute approximate surface area is 168 Å². The molecule has 0 bridgehead atoms. The van der Waals surface area contributed by atoms with E-state index < -0.39 is 5.24 Å². The Bertz CT molecular complexity index is 1010. The highest BCUT2D eigenvalue weighted by atomic mass is 35.5. The Morgan fingerprint density at radius 2 is 1.43 bits per heavy atom. The van der Waals surface area contributed by atoms with Gasteiger partial charge in [0.25, 0.3) is 11.1 Å². The van der Waals surface area contributed by atoms with E-state index in [0.717, 1.165) is 11.1 Å². The van der Waals surface area contributed by atoms with Gasteiger partial charge in [-0.1, -0.05) is 44.2 Å². The van der Waals surface area contributed by atoms with Gasteiger partial charge in [0.2, 0.25) is 0 Å². The summed E-state index contributed by atoms with van der Waals surface area (Å²) < 4.78 is 0. The molecule has 0 fully saturated rings. The molecule has 3 aromatic rings. The van der Waals surface area contributed by atoms with E-state index in [1.807, 2.05) is 24.3 Å². The summed E-state index contributed by atoms with van der Waals surface area (Å²) in [6.45, 7) is 4.17. The normalized spacial score (nSPS) is 11.1. The summed E-state index contributed by atoms with van der Waals surface area (Å²) in [6, 6.07) is 21.0. The van der Waals surface area contributed by atoms with Gasteiger partial charge in [-0.05, 0) is 65.2 Å². The van der Waals surface area contributed by atoms with Gasteiger partial charge in [-0.15, -0.1) is 0 Å². The number of anilines is 1. The van der Waals surface area contributed by atoms with Crippen LogP contribution in [-0.2, 0) is 5.41 Å². The van der Waals surface area contributed by atoms with E-state index in [0.29, 0.717) is 16.8 Å². The molecular weight excluding hydrogens is 374 g/mol. The molecule has 0 aliphatic heterocycles. The number of phenolic OH excluding ortho intramolecular Hbond substituents is 1. The van der Waals surface area contributed by atoms with Crippen LogP contribution in [0.3, 0.4) is 0 Å². The van der Waals surface area contributed by atoms with Crippen molar-refractivity contribution in [2.24, 2.45) is 0 Å². The zero-order chi connectivity index (χ0) is 20.3. The lowest BCUT2D eigenvalue weighted by molar-refractivity contribution is 0.102. The highest BCUT2D eigenvalue weighted by Crippen LogP contribution is 2.32. The van der Waals surface area contributed by atoms with E-state index in [1.165, 1.54) is 6.07 Å². The zero-order valence-electron chi connectivity index (χ0n) is 15.6. The fraction of sp³-hybridized carbons (Fsp3) is 0.130. The second-order valence-electron chi connectivity index (χ2n) is 7.06. The van der Waals surface area contributed by atoms with Gasteiger partial charge in [-0.3, -0.25) is 9.59 Å². The van der Waals surface area contributed by atoms with Crippen molar-refractivity contribution in [3.63, 3.8) is 0 Å². The molecule has 0 atom stereocenters. The third-order valence-corrected chi connectivity index (χ3v) is 5.02. The fourth-order valence-corrected chi connectivity index (χ4v) is 3.12. The number of hydrogen-bond acceptors (Lipinski definition) is 3. The summed E-state index contributed by atoms with van der Waals surface area (Å²) in [7, 11) is 0. The number of nitrogens with one attached hydrogen (secondary N) is 1. The average molecular weight is 394 g/mol. The van der Waals surface area contributed by atoms with Gasteiger partial charge in [-0.2, -0.15) is 0 Å². The molecule has 2 N–H and O–H groups in total. The molecule has 5 heteroatoms. The topological polar surface area (TPSA) is 66.4 Å². The Hall–Kier alpha value is -3.11. The number of phenols is 1. The van der Waals surface area contributed by atoms with Gasteiger partial charge in [0.05, 0.1) is 0 Å². The van der Waals surface area contributed by atoms with Crippen molar-refractivity contribution in [2.45, 2.75) is 19.3 Å². The molecule has 0 aliphatic carbocycles. The maximum Gasteiger partial charge on any atom is 0.255 e. The predicted octanol–water partition coefficient (Wildman–Crippen LogP) is 5.35. The van der Waals surface area contributed by atoms with Crippen molar-refractivity contribution < 1.29 is 14.7 Å². The summed E-state index contributed by atoms with van der Waals surface area (Å²) in [5.41, 5.74) is 3.16. The highest BCUT2D eigenvalue weighted by Gasteiger charge is 2.23. The van der Waals surface area contributed by atoms with E-state index >= 15 is 0 Å². The quantitative estimate of drug-likeness (QED) is 0.574. The molecule has 142 valence electrons. The minimum Gasteiger partial charge on any atom is -0.508 e. The van der Waals surface area contributed by atoms with Gasteiger partial charge in [-0.25, -0.2) is 0 Å². The zero-order valence-corrected chi connectivity index (χ0v) is 16.3. The predicted molar refractivity (Wildman–Crippen MR) is 111 cm³/mol. The Kier molecular flexibility index (Phi) is 5.52. The number of aromatic hydroxyl groups is 1. The number of rotatable bonds is 5. The van der Waals surface area contributed by atoms with Crippen LogP contribution < -0.4 is 5.32 Å². The first-order chi connectivity index (χ1) is 13.3. The molecule has 4 nitrogen and oxygen atoms in total. The van der Waals surface area contributed by atoms with Crippen LogP contribution in [-0.4, -0.2) is 16.3 Å². The lowest BCUT2D eigenvalue weighted by Crippen LogP contribution is -2.19. The number of carbonyl (C=O) groups excluding carboxylic acids is 2. The van der Waals surface area contributed by atoms with Gasteiger partial charge in [0.1, 0.15) is 5.75 Å².